The highest BCUT2D eigenvalue weighted by molar-refractivity contribution is 4.99. The minimum atomic E-state index is 0.689. The largest absolute Gasteiger partial charge is 0.0625 e. The van der Waals surface area contributed by atoms with Crippen LogP contribution in [0.3, 0.4) is 0 Å². The van der Waals surface area contributed by atoms with Crippen molar-refractivity contribution in [2.24, 2.45) is 23.2 Å². The first-order valence-electron chi connectivity index (χ1n) is 4.48. The maximum absolute atomic E-state index is 2.43. The zero-order valence-electron chi connectivity index (χ0n) is 7.94. The third kappa shape index (κ3) is 1.09. The number of hydrogen-bond acceptors (Lipinski definition) is 0. The summed E-state index contributed by atoms with van der Waals surface area (Å²) >= 11 is 0. The first kappa shape index (κ1) is 8.10. The zero-order valence-corrected chi connectivity index (χ0v) is 7.94. The molecule has 3 unspecified atom stereocenters. The van der Waals surface area contributed by atoms with Crippen LogP contribution in [0.15, 0.2) is 0 Å². The molecule has 0 spiro atoms. The fraction of sp³-hybridized carbons (Fsp3) is 1.00. The topological polar surface area (TPSA) is 0 Å². The van der Waals surface area contributed by atoms with Gasteiger partial charge in [-0.25, -0.2) is 0 Å². The van der Waals surface area contributed by atoms with Crippen LogP contribution in [0, 0.1) is 23.2 Å². The van der Waals surface area contributed by atoms with Gasteiger partial charge in [-0.05, 0) is 29.6 Å². The first-order chi connectivity index (χ1) is 4.48. The summed E-state index contributed by atoms with van der Waals surface area (Å²) in [7, 11) is 0. The van der Waals surface area contributed by atoms with E-state index in [4.69, 9.17) is 0 Å². The van der Waals surface area contributed by atoms with Crippen LogP contribution in [-0.2, 0) is 0 Å². The quantitative estimate of drug-likeness (QED) is 0.552. The van der Waals surface area contributed by atoms with Gasteiger partial charge in [0.1, 0.15) is 0 Å². The Morgan fingerprint density at radius 3 is 1.80 bits per heavy atom. The van der Waals surface area contributed by atoms with E-state index in [9.17, 15) is 0 Å². The number of rotatable bonds is 2. The second kappa shape index (κ2) is 2.25. The molecular formula is C10H20. The molecule has 0 aliphatic heterocycles. The van der Waals surface area contributed by atoms with Crippen LogP contribution in [0.2, 0.25) is 0 Å². The molecule has 0 N–H and O–H groups in total. The highest BCUT2D eigenvalue weighted by Gasteiger charge is 2.50. The first-order valence-corrected chi connectivity index (χ1v) is 4.48. The molecule has 0 nitrogen and oxygen atoms in total. The molecule has 10 heavy (non-hydrogen) atoms. The number of hydrogen-bond donors (Lipinski definition) is 0. The van der Waals surface area contributed by atoms with Crippen LogP contribution in [0.4, 0.5) is 0 Å². The van der Waals surface area contributed by atoms with Gasteiger partial charge in [0, 0.05) is 0 Å². The minimum absolute atomic E-state index is 0.689. The zero-order chi connectivity index (χ0) is 7.94. The highest BCUT2D eigenvalue weighted by Crippen LogP contribution is 2.58. The molecule has 0 aromatic rings. The van der Waals surface area contributed by atoms with E-state index in [-0.39, 0.29) is 0 Å². The lowest BCUT2D eigenvalue weighted by Crippen LogP contribution is -2.16. The molecule has 0 saturated heterocycles. The van der Waals surface area contributed by atoms with Crippen LogP contribution in [0.5, 0.6) is 0 Å². The normalized spacial score (nSPS) is 42.0. The monoisotopic (exact) mass is 140 g/mol. The smallest absolute Gasteiger partial charge is 0.0269 e. The van der Waals surface area contributed by atoms with Gasteiger partial charge < -0.3 is 0 Å². The summed E-state index contributed by atoms with van der Waals surface area (Å²) in [4.78, 5) is 0. The maximum atomic E-state index is 2.43. The van der Waals surface area contributed by atoms with Crippen molar-refractivity contribution < 1.29 is 0 Å². The van der Waals surface area contributed by atoms with E-state index >= 15 is 0 Å². The molecule has 60 valence electrons. The Morgan fingerprint density at radius 2 is 1.70 bits per heavy atom. The van der Waals surface area contributed by atoms with Crippen molar-refractivity contribution >= 4 is 0 Å². The molecule has 1 saturated carbocycles. The van der Waals surface area contributed by atoms with Crippen LogP contribution in [0.25, 0.3) is 0 Å². The van der Waals surface area contributed by atoms with Gasteiger partial charge in [0.15, 0.2) is 0 Å². The molecule has 3 atom stereocenters. The van der Waals surface area contributed by atoms with Crippen LogP contribution in [0.1, 0.15) is 41.0 Å². The van der Waals surface area contributed by atoms with Crippen molar-refractivity contribution in [3.8, 4) is 0 Å². The lowest BCUT2D eigenvalue weighted by atomic mass is 9.82. The summed E-state index contributed by atoms with van der Waals surface area (Å²) in [6.07, 6.45) is 1.45. The molecule has 0 heterocycles. The van der Waals surface area contributed by atoms with Gasteiger partial charge in [-0.3, -0.25) is 0 Å². The molecule has 0 bridgehead atoms. The lowest BCUT2D eigenvalue weighted by molar-refractivity contribution is 0.257. The van der Waals surface area contributed by atoms with Gasteiger partial charge in [-0.15, -0.1) is 0 Å². The van der Waals surface area contributed by atoms with E-state index in [0.29, 0.717) is 5.41 Å². The van der Waals surface area contributed by atoms with Gasteiger partial charge in [0.2, 0.25) is 0 Å². The van der Waals surface area contributed by atoms with Crippen molar-refractivity contribution in [2.45, 2.75) is 41.0 Å². The molecule has 0 radical (unpaired) electrons. The Labute approximate surface area is 65.0 Å². The Hall–Kier alpha value is 0. The summed E-state index contributed by atoms with van der Waals surface area (Å²) in [6.45, 7) is 11.9. The highest BCUT2D eigenvalue weighted by atomic mass is 14.6. The molecule has 1 aliphatic rings. The second-order valence-corrected chi connectivity index (χ2v) is 4.64. The Bertz CT molecular complexity index is 126. The fourth-order valence-electron chi connectivity index (χ4n) is 2.00. The summed E-state index contributed by atoms with van der Waals surface area (Å²) in [5, 5.41) is 0. The molecule has 0 amide bonds. The SMILES string of the molecule is CC(C)C(C)C1(C)CC1C. The van der Waals surface area contributed by atoms with E-state index < -0.39 is 0 Å². The molecule has 0 aromatic carbocycles. The van der Waals surface area contributed by atoms with Crippen molar-refractivity contribution in [1.29, 1.82) is 0 Å². The average molecular weight is 140 g/mol. The van der Waals surface area contributed by atoms with Gasteiger partial charge in [0.05, 0.1) is 0 Å². The van der Waals surface area contributed by atoms with Crippen molar-refractivity contribution in [1.82, 2.24) is 0 Å². The minimum Gasteiger partial charge on any atom is -0.0625 e. The van der Waals surface area contributed by atoms with E-state index in [1.54, 1.807) is 0 Å². The molecule has 0 heteroatoms. The lowest BCUT2D eigenvalue weighted by Gasteiger charge is -2.23. The summed E-state index contributed by atoms with van der Waals surface area (Å²) in [5.41, 5.74) is 0.689. The van der Waals surface area contributed by atoms with E-state index in [1.165, 1.54) is 6.42 Å². The van der Waals surface area contributed by atoms with Gasteiger partial charge >= 0.3 is 0 Å². The van der Waals surface area contributed by atoms with Crippen LogP contribution < -0.4 is 0 Å². The average Bonchev–Trinajstić information content (AvgIpc) is 2.41. The Morgan fingerprint density at radius 1 is 1.30 bits per heavy atom. The predicted molar refractivity (Wildman–Crippen MR) is 45.9 cm³/mol. The third-order valence-electron chi connectivity index (χ3n) is 3.75. The predicted octanol–water partition coefficient (Wildman–Crippen LogP) is 3.32. The van der Waals surface area contributed by atoms with E-state index in [1.807, 2.05) is 0 Å². The molecule has 0 aromatic heterocycles. The standard InChI is InChI=1S/C10H20/c1-7(2)9(4)10(5)6-8(10)3/h7-9H,6H2,1-5H3. The molecule has 1 rings (SSSR count). The summed E-state index contributed by atoms with van der Waals surface area (Å²) in [5.74, 6) is 2.74. The Balaban J connectivity index is 2.50. The van der Waals surface area contributed by atoms with Crippen molar-refractivity contribution in [2.75, 3.05) is 0 Å². The van der Waals surface area contributed by atoms with Gasteiger partial charge in [-0.1, -0.05) is 34.6 Å². The molecule has 1 aliphatic carbocycles. The fourth-order valence-corrected chi connectivity index (χ4v) is 2.00. The molecule has 1 fully saturated rings. The Kier molecular flexibility index (Phi) is 1.82. The third-order valence-corrected chi connectivity index (χ3v) is 3.75. The summed E-state index contributed by atoms with van der Waals surface area (Å²) in [6, 6.07) is 0. The van der Waals surface area contributed by atoms with Crippen molar-refractivity contribution in [3.63, 3.8) is 0 Å². The van der Waals surface area contributed by atoms with E-state index in [0.717, 1.165) is 17.8 Å². The van der Waals surface area contributed by atoms with Crippen LogP contribution in [-0.4, -0.2) is 0 Å². The van der Waals surface area contributed by atoms with Gasteiger partial charge in [0.25, 0.3) is 0 Å². The van der Waals surface area contributed by atoms with E-state index in [2.05, 4.69) is 34.6 Å². The van der Waals surface area contributed by atoms with Crippen LogP contribution >= 0.6 is 0 Å². The maximum Gasteiger partial charge on any atom is -0.0269 e. The van der Waals surface area contributed by atoms with Gasteiger partial charge in [-0.2, -0.15) is 0 Å². The van der Waals surface area contributed by atoms with Crippen molar-refractivity contribution in [3.05, 3.63) is 0 Å². The summed E-state index contributed by atoms with van der Waals surface area (Å²) < 4.78 is 0. The second-order valence-electron chi connectivity index (χ2n) is 4.64. The molecular weight excluding hydrogens is 120 g/mol.